The van der Waals surface area contributed by atoms with Crippen LogP contribution in [0.15, 0.2) is 84.9 Å². The Morgan fingerprint density at radius 2 is 1.38 bits per heavy atom. The van der Waals surface area contributed by atoms with E-state index in [-0.39, 0.29) is 11.9 Å². The maximum Gasteiger partial charge on any atom is 0.276 e. The molecule has 1 amide bonds. The van der Waals surface area contributed by atoms with Gasteiger partial charge in [-0.15, -0.1) is 5.10 Å². The highest BCUT2D eigenvalue weighted by Gasteiger charge is 2.30. The largest absolute Gasteiger partial charge is 0.335 e. The molecule has 0 N–H and O–H groups in total. The highest BCUT2D eigenvalue weighted by molar-refractivity contribution is 6.30. The second-order valence-electron chi connectivity index (χ2n) is 8.46. The van der Waals surface area contributed by atoms with Gasteiger partial charge >= 0.3 is 0 Å². The molecule has 4 aromatic rings. The van der Waals surface area contributed by atoms with Crippen molar-refractivity contribution in [1.29, 1.82) is 0 Å². The van der Waals surface area contributed by atoms with Crippen LogP contribution < -0.4 is 0 Å². The number of aromatic nitrogens is 3. The van der Waals surface area contributed by atoms with E-state index in [1.165, 1.54) is 11.1 Å². The highest BCUT2D eigenvalue weighted by Crippen LogP contribution is 2.29. The van der Waals surface area contributed by atoms with E-state index in [9.17, 15) is 4.79 Å². The number of nitrogens with zero attached hydrogens (tertiary/aromatic N) is 5. The standard InChI is InChI=1S/C27H26ClN5O/c1-20-25(29-30-33(20)24-14-12-23(28)13-15-24)27(34)32-18-16-31(17-19-32)26(21-8-4-2-5-9-21)22-10-6-3-7-11-22/h2-15,26H,16-19H2,1H3. The zero-order valence-corrected chi connectivity index (χ0v) is 19.8. The third-order valence-corrected chi connectivity index (χ3v) is 6.62. The van der Waals surface area contributed by atoms with Crippen molar-refractivity contribution in [2.45, 2.75) is 13.0 Å². The Morgan fingerprint density at radius 3 is 1.94 bits per heavy atom. The first-order chi connectivity index (χ1) is 16.6. The molecule has 7 heteroatoms. The summed E-state index contributed by atoms with van der Waals surface area (Å²) in [4.78, 5) is 17.6. The van der Waals surface area contributed by atoms with Gasteiger partial charge in [0.15, 0.2) is 5.69 Å². The molecule has 2 heterocycles. The SMILES string of the molecule is Cc1c(C(=O)N2CCN(C(c3ccccc3)c3ccccc3)CC2)nnn1-c1ccc(Cl)cc1. The number of rotatable bonds is 5. The maximum absolute atomic E-state index is 13.3. The van der Waals surface area contributed by atoms with Crippen LogP contribution in [0.4, 0.5) is 0 Å². The molecule has 0 saturated carbocycles. The Labute approximate surface area is 204 Å². The first kappa shape index (κ1) is 22.3. The van der Waals surface area contributed by atoms with Gasteiger partial charge in [0, 0.05) is 31.2 Å². The average Bonchev–Trinajstić information content (AvgIpc) is 3.27. The number of benzene rings is 3. The smallest absolute Gasteiger partial charge is 0.276 e. The summed E-state index contributed by atoms with van der Waals surface area (Å²) in [5.41, 5.74) is 4.46. The van der Waals surface area contributed by atoms with Crippen LogP contribution in [-0.2, 0) is 0 Å². The number of carbonyl (C=O) groups is 1. The minimum Gasteiger partial charge on any atom is -0.335 e. The lowest BCUT2D eigenvalue weighted by atomic mass is 9.96. The van der Waals surface area contributed by atoms with Crippen molar-refractivity contribution < 1.29 is 4.79 Å². The van der Waals surface area contributed by atoms with Crippen LogP contribution in [0.5, 0.6) is 0 Å². The molecule has 1 aromatic heterocycles. The lowest BCUT2D eigenvalue weighted by molar-refractivity contribution is 0.0591. The van der Waals surface area contributed by atoms with Crippen molar-refractivity contribution in [2.75, 3.05) is 26.2 Å². The quantitative estimate of drug-likeness (QED) is 0.420. The highest BCUT2D eigenvalue weighted by atomic mass is 35.5. The van der Waals surface area contributed by atoms with E-state index >= 15 is 0 Å². The third kappa shape index (κ3) is 4.47. The number of amides is 1. The molecule has 1 aliphatic heterocycles. The fourth-order valence-electron chi connectivity index (χ4n) is 4.57. The van der Waals surface area contributed by atoms with Gasteiger partial charge in [0.1, 0.15) is 0 Å². The number of halogens is 1. The van der Waals surface area contributed by atoms with E-state index in [0.29, 0.717) is 23.8 Å². The molecule has 1 fully saturated rings. The molecular weight excluding hydrogens is 446 g/mol. The lowest BCUT2D eigenvalue weighted by Crippen LogP contribution is -2.50. The molecule has 0 aliphatic carbocycles. The molecule has 34 heavy (non-hydrogen) atoms. The Balaban J connectivity index is 1.32. The van der Waals surface area contributed by atoms with Crippen molar-refractivity contribution in [1.82, 2.24) is 24.8 Å². The van der Waals surface area contributed by atoms with E-state index in [4.69, 9.17) is 11.6 Å². The van der Waals surface area contributed by atoms with E-state index in [1.807, 2.05) is 36.1 Å². The van der Waals surface area contributed by atoms with Crippen LogP contribution in [0, 0.1) is 6.92 Å². The van der Waals surface area contributed by atoms with Crippen molar-refractivity contribution in [3.05, 3.63) is 112 Å². The summed E-state index contributed by atoms with van der Waals surface area (Å²) < 4.78 is 1.68. The van der Waals surface area contributed by atoms with Crippen LogP contribution in [0.2, 0.25) is 5.02 Å². The minimum atomic E-state index is -0.0756. The Morgan fingerprint density at radius 1 is 0.824 bits per heavy atom. The van der Waals surface area contributed by atoms with Gasteiger partial charge in [0.2, 0.25) is 0 Å². The van der Waals surface area contributed by atoms with Crippen molar-refractivity contribution in [2.24, 2.45) is 0 Å². The van der Waals surface area contributed by atoms with Gasteiger partial charge < -0.3 is 4.90 Å². The van der Waals surface area contributed by atoms with Gasteiger partial charge in [-0.3, -0.25) is 9.69 Å². The summed E-state index contributed by atoms with van der Waals surface area (Å²) in [7, 11) is 0. The molecule has 0 bridgehead atoms. The molecule has 0 atom stereocenters. The molecule has 0 unspecified atom stereocenters. The summed E-state index contributed by atoms with van der Waals surface area (Å²) in [6.07, 6.45) is 0. The maximum atomic E-state index is 13.3. The second kappa shape index (κ2) is 9.79. The predicted octanol–water partition coefficient (Wildman–Crippen LogP) is 4.78. The van der Waals surface area contributed by atoms with Gasteiger partial charge in [-0.05, 0) is 42.3 Å². The number of carbonyl (C=O) groups excluding carboxylic acids is 1. The molecule has 5 rings (SSSR count). The minimum absolute atomic E-state index is 0.0756. The Hall–Kier alpha value is -3.48. The average molecular weight is 472 g/mol. The van der Waals surface area contributed by atoms with E-state index < -0.39 is 0 Å². The topological polar surface area (TPSA) is 54.3 Å². The molecule has 0 radical (unpaired) electrons. The van der Waals surface area contributed by atoms with Gasteiger partial charge in [0.05, 0.1) is 17.4 Å². The molecule has 3 aromatic carbocycles. The van der Waals surface area contributed by atoms with Crippen LogP contribution in [-0.4, -0.2) is 56.9 Å². The van der Waals surface area contributed by atoms with Crippen molar-refractivity contribution in [3.8, 4) is 5.69 Å². The van der Waals surface area contributed by atoms with Gasteiger partial charge in [-0.25, -0.2) is 4.68 Å². The summed E-state index contributed by atoms with van der Waals surface area (Å²) in [6.45, 7) is 4.72. The first-order valence-electron chi connectivity index (χ1n) is 11.4. The lowest BCUT2D eigenvalue weighted by Gasteiger charge is -2.39. The second-order valence-corrected chi connectivity index (χ2v) is 8.90. The first-order valence-corrected chi connectivity index (χ1v) is 11.8. The Kier molecular flexibility index (Phi) is 6.43. The van der Waals surface area contributed by atoms with Crippen LogP contribution >= 0.6 is 11.6 Å². The molecule has 1 aliphatic rings. The van der Waals surface area contributed by atoms with Gasteiger partial charge in [0.25, 0.3) is 5.91 Å². The van der Waals surface area contributed by atoms with E-state index in [2.05, 4.69) is 63.7 Å². The van der Waals surface area contributed by atoms with E-state index in [0.717, 1.165) is 24.5 Å². The summed E-state index contributed by atoms with van der Waals surface area (Å²) in [5.74, 6) is -0.0756. The monoisotopic (exact) mass is 471 g/mol. The summed E-state index contributed by atoms with van der Waals surface area (Å²) in [6, 6.07) is 28.6. The predicted molar refractivity (Wildman–Crippen MR) is 133 cm³/mol. The Bertz CT molecular complexity index is 1210. The fourth-order valence-corrected chi connectivity index (χ4v) is 4.70. The molecule has 0 spiro atoms. The zero-order chi connectivity index (χ0) is 23.5. The number of piperazine rings is 1. The van der Waals surface area contributed by atoms with E-state index in [1.54, 1.807) is 16.8 Å². The third-order valence-electron chi connectivity index (χ3n) is 6.37. The summed E-state index contributed by atoms with van der Waals surface area (Å²) >= 11 is 6.00. The molecule has 1 saturated heterocycles. The van der Waals surface area contributed by atoms with Crippen molar-refractivity contribution >= 4 is 17.5 Å². The number of hydrogen-bond donors (Lipinski definition) is 0. The number of hydrogen-bond acceptors (Lipinski definition) is 4. The summed E-state index contributed by atoms with van der Waals surface area (Å²) in [5, 5.41) is 9.09. The molecular formula is C27H26ClN5O. The zero-order valence-electron chi connectivity index (χ0n) is 19.0. The van der Waals surface area contributed by atoms with Crippen molar-refractivity contribution in [3.63, 3.8) is 0 Å². The molecule has 172 valence electrons. The fraction of sp³-hybridized carbons (Fsp3) is 0.222. The normalized spacial score (nSPS) is 14.5. The van der Waals surface area contributed by atoms with Crippen LogP contribution in [0.3, 0.4) is 0 Å². The van der Waals surface area contributed by atoms with Gasteiger partial charge in [-0.2, -0.15) is 0 Å². The molecule has 6 nitrogen and oxygen atoms in total. The van der Waals surface area contributed by atoms with Gasteiger partial charge in [-0.1, -0.05) is 77.5 Å². The van der Waals surface area contributed by atoms with Crippen LogP contribution in [0.1, 0.15) is 33.4 Å². The van der Waals surface area contributed by atoms with Crippen LogP contribution in [0.25, 0.3) is 5.69 Å².